The Balaban J connectivity index is 1.53. The molecule has 2 amide bonds. The number of carbonyl (C=O) groups excluding carboxylic acids is 2. The number of ether oxygens (including phenoxy) is 1. The summed E-state index contributed by atoms with van der Waals surface area (Å²) in [6.45, 7) is 1.24. The van der Waals surface area contributed by atoms with Crippen molar-refractivity contribution in [2.45, 2.75) is 23.8 Å². The number of hydrogen-bond donors (Lipinski definition) is 1. The number of amides is 2. The van der Waals surface area contributed by atoms with Crippen molar-refractivity contribution in [1.82, 2.24) is 5.32 Å². The molecule has 1 N–H and O–H groups in total. The zero-order chi connectivity index (χ0) is 19.3. The fourth-order valence-electron chi connectivity index (χ4n) is 3.35. The van der Waals surface area contributed by atoms with Gasteiger partial charge in [-0.15, -0.1) is 0 Å². The lowest BCUT2D eigenvalue weighted by molar-refractivity contribution is -0.122. The van der Waals surface area contributed by atoms with E-state index in [4.69, 9.17) is 4.74 Å². The summed E-state index contributed by atoms with van der Waals surface area (Å²) in [7, 11) is 0. The molecule has 2 aliphatic heterocycles. The molecule has 0 aromatic heterocycles. The van der Waals surface area contributed by atoms with Crippen molar-refractivity contribution in [3.8, 4) is 0 Å². The quantitative estimate of drug-likeness (QED) is 0.789. The smallest absolute Gasteiger partial charge is 0.265 e. The molecule has 1 atom stereocenters. The number of nitrogens with one attached hydrogen (secondary N) is 1. The van der Waals surface area contributed by atoms with Crippen LogP contribution in [0.1, 0.15) is 18.4 Å². The summed E-state index contributed by atoms with van der Waals surface area (Å²) in [6, 6.07) is 17.4. The van der Waals surface area contributed by atoms with Gasteiger partial charge in [-0.3, -0.25) is 14.5 Å². The first-order chi connectivity index (χ1) is 13.7. The number of para-hydroxylation sites is 1. The Bertz CT molecular complexity index is 892. The highest BCUT2D eigenvalue weighted by atomic mass is 32.2. The Hall–Kier alpha value is -2.57. The van der Waals surface area contributed by atoms with Crippen LogP contribution in [0, 0.1) is 0 Å². The highest BCUT2D eigenvalue weighted by Gasteiger charge is 2.30. The maximum atomic E-state index is 13.1. The van der Waals surface area contributed by atoms with E-state index in [2.05, 4.69) is 5.32 Å². The average Bonchev–Trinajstić information content (AvgIpc) is 3.24. The number of carbonyl (C=O) groups is 2. The molecule has 28 heavy (non-hydrogen) atoms. The zero-order valence-electron chi connectivity index (χ0n) is 15.5. The number of fused-ring (bicyclic) bond motifs is 1. The van der Waals surface area contributed by atoms with E-state index in [-0.39, 0.29) is 24.5 Å². The van der Waals surface area contributed by atoms with Gasteiger partial charge in [-0.2, -0.15) is 0 Å². The first-order valence-corrected chi connectivity index (χ1v) is 10.3. The van der Waals surface area contributed by atoms with Crippen molar-refractivity contribution in [2.24, 2.45) is 0 Å². The minimum atomic E-state index is -0.176. The van der Waals surface area contributed by atoms with Crippen LogP contribution in [0.5, 0.6) is 0 Å². The second-order valence-electron chi connectivity index (χ2n) is 6.82. The Morgan fingerprint density at radius 2 is 1.96 bits per heavy atom. The van der Waals surface area contributed by atoms with E-state index in [1.807, 2.05) is 60.7 Å². The second-order valence-corrected chi connectivity index (χ2v) is 7.90. The maximum absolute atomic E-state index is 13.1. The molecular formula is C22H22N2O3S. The molecule has 0 radical (unpaired) electrons. The molecule has 0 spiro atoms. The third-order valence-corrected chi connectivity index (χ3v) is 5.86. The first-order valence-electron chi connectivity index (χ1n) is 9.44. The van der Waals surface area contributed by atoms with E-state index in [9.17, 15) is 9.59 Å². The van der Waals surface area contributed by atoms with Gasteiger partial charge in [0.25, 0.3) is 5.91 Å². The van der Waals surface area contributed by atoms with Gasteiger partial charge in [0.1, 0.15) is 6.54 Å². The second kappa shape index (κ2) is 8.63. The largest absolute Gasteiger partial charge is 0.376 e. The van der Waals surface area contributed by atoms with E-state index >= 15 is 0 Å². The summed E-state index contributed by atoms with van der Waals surface area (Å²) >= 11 is 1.44. The minimum absolute atomic E-state index is 0.00471. The van der Waals surface area contributed by atoms with Crippen molar-refractivity contribution in [1.29, 1.82) is 0 Å². The SMILES string of the molecule is O=C(CN1C(=O)/C(=C/c2ccccc2)Sc2ccccc21)NC[C@H]1CCCO1. The molecule has 4 rings (SSSR count). The Morgan fingerprint density at radius 3 is 2.75 bits per heavy atom. The van der Waals surface area contributed by atoms with Crippen molar-refractivity contribution in [3.05, 3.63) is 65.1 Å². The summed E-state index contributed by atoms with van der Waals surface area (Å²) in [5, 5.41) is 2.90. The molecule has 2 aliphatic rings. The summed E-state index contributed by atoms with van der Waals surface area (Å²) in [4.78, 5) is 28.8. The summed E-state index contributed by atoms with van der Waals surface area (Å²) in [6.07, 6.45) is 3.95. The highest BCUT2D eigenvalue weighted by Crippen LogP contribution is 2.41. The Kier molecular flexibility index (Phi) is 5.78. The summed E-state index contributed by atoms with van der Waals surface area (Å²) in [5.41, 5.74) is 1.73. The van der Waals surface area contributed by atoms with Crippen LogP contribution in [0.4, 0.5) is 5.69 Å². The van der Waals surface area contributed by atoms with Gasteiger partial charge >= 0.3 is 0 Å². The molecule has 2 aromatic rings. The standard InChI is InChI=1S/C22H22N2O3S/c25-21(23-14-17-9-6-12-27-17)15-24-18-10-4-5-11-19(18)28-20(22(24)26)13-16-7-2-1-3-8-16/h1-5,7-8,10-11,13,17H,6,9,12,14-15H2,(H,23,25)/b20-13-/t17-/m1/s1. The predicted molar refractivity (Wildman–Crippen MR) is 111 cm³/mol. The molecule has 0 bridgehead atoms. The van der Waals surface area contributed by atoms with E-state index in [1.54, 1.807) is 4.90 Å². The van der Waals surface area contributed by atoms with Gasteiger partial charge in [-0.25, -0.2) is 0 Å². The number of thioether (sulfide) groups is 1. The molecule has 6 heteroatoms. The van der Waals surface area contributed by atoms with Crippen LogP contribution in [-0.2, 0) is 14.3 Å². The molecule has 0 unspecified atom stereocenters. The summed E-state index contributed by atoms with van der Waals surface area (Å²) in [5.74, 6) is -0.329. The van der Waals surface area contributed by atoms with Gasteiger partial charge in [-0.1, -0.05) is 54.2 Å². The molecule has 5 nitrogen and oxygen atoms in total. The monoisotopic (exact) mass is 394 g/mol. The lowest BCUT2D eigenvalue weighted by Crippen LogP contribution is -2.44. The third kappa shape index (κ3) is 4.29. The van der Waals surface area contributed by atoms with Crippen molar-refractivity contribution in [2.75, 3.05) is 24.6 Å². The fourth-order valence-corrected chi connectivity index (χ4v) is 4.41. The topological polar surface area (TPSA) is 58.6 Å². The molecule has 144 valence electrons. The van der Waals surface area contributed by atoms with Gasteiger partial charge in [0.15, 0.2) is 0 Å². The normalized spacial score (nSPS) is 20.3. The van der Waals surface area contributed by atoms with Gasteiger partial charge in [0.05, 0.1) is 16.7 Å². The van der Waals surface area contributed by atoms with E-state index in [0.717, 1.165) is 35.6 Å². The molecular weight excluding hydrogens is 372 g/mol. The highest BCUT2D eigenvalue weighted by molar-refractivity contribution is 8.04. The molecule has 0 aliphatic carbocycles. The van der Waals surface area contributed by atoms with Gasteiger partial charge in [-0.05, 0) is 36.6 Å². The molecule has 2 heterocycles. The Labute approximate surface area is 168 Å². The maximum Gasteiger partial charge on any atom is 0.265 e. The van der Waals surface area contributed by atoms with E-state index < -0.39 is 0 Å². The van der Waals surface area contributed by atoms with Crippen LogP contribution in [0.2, 0.25) is 0 Å². The lowest BCUT2D eigenvalue weighted by atomic mass is 10.2. The minimum Gasteiger partial charge on any atom is -0.376 e. The lowest BCUT2D eigenvalue weighted by Gasteiger charge is -2.30. The van der Waals surface area contributed by atoms with E-state index in [1.165, 1.54) is 11.8 Å². The molecule has 0 saturated carbocycles. The zero-order valence-corrected chi connectivity index (χ0v) is 16.3. The van der Waals surface area contributed by atoms with Crippen molar-refractivity contribution in [3.63, 3.8) is 0 Å². The molecule has 2 aromatic carbocycles. The van der Waals surface area contributed by atoms with Crippen LogP contribution in [0.25, 0.3) is 6.08 Å². The van der Waals surface area contributed by atoms with Gasteiger partial charge < -0.3 is 10.1 Å². The number of rotatable bonds is 5. The predicted octanol–water partition coefficient (Wildman–Crippen LogP) is 3.46. The van der Waals surface area contributed by atoms with Crippen LogP contribution in [0.15, 0.2) is 64.4 Å². The molecule has 1 fully saturated rings. The van der Waals surface area contributed by atoms with Gasteiger partial charge in [0, 0.05) is 18.0 Å². The van der Waals surface area contributed by atoms with Crippen molar-refractivity contribution >= 4 is 35.3 Å². The first kappa shape index (κ1) is 18.8. The Morgan fingerprint density at radius 1 is 1.18 bits per heavy atom. The number of hydrogen-bond acceptors (Lipinski definition) is 4. The fraction of sp³-hybridized carbons (Fsp3) is 0.273. The average molecular weight is 394 g/mol. The summed E-state index contributed by atoms with van der Waals surface area (Å²) < 4.78 is 5.55. The van der Waals surface area contributed by atoms with E-state index in [0.29, 0.717) is 11.4 Å². The van der Waals surface area contributed by atoms with Crippen LogP contribution in [-0.4, -0.2) is 37.6 Å². The van der Waals surface area contributed by atoms with Crippen LogP contribution in [0.3, 0.4) is 0 Å². The third-order valence-electron chi connectivity index (χ3n) is 4.78. The van der Waals surface area contributed by atoms with Gasteiger partial charge in [0.2, 0.25) is 5.91 Å². The molecule has 1 saturated heterocycles. The number of anilines is 1. The number of nitrogens with zero attached hydrogens (tertiary/aromatic N) is 1. The van der Waals surface area contributed by atoms with Crippen molar-refractivity contribution < 1.29 is 14.3 Å². The van der Waals surface area contributed by atoms with Crippen LogP contribution < -0.4 is 10.2 Å². The number of benzene rings is 2. The van der Waals surface area contributed by atoms with Crippen LogP contribution >= 0.6 is 11.8 Å².